The van der Waals surface area contributed by atoms with Crippen LogP contribution in [0.3, 0.4) is 0 Å². The van der Waals surface area contributed by atoms with Crippen LogP contribution < -0.4 is 5.50 Å². The number of carbonyl (C=O) groups excluding carboxylic acids is 1. The second-order valence-electron chi connectivity index (χ2n) is 6.72. The minimum absolute atomic E-state index is 0.186. The zero-order valence-corrected chi connectivity index (χ0v) is 13.1. The van der Waals surface area contributed by atoms with Gasteiger partial charge in [0.2, 0.25) is 0 Å². The van der Waals surface area contributed by atoms with Crippen LogP contribution in [0, 0.1) is 5.92 Å². The summed E-state index contributed by atoms with van der Waals surface area (Å²) in [6, 6.07) is 0. The summed E-state index contributed by atoms with van der Waals surface area (Å²) in [5.41, 5.74) is 6.00. The van der Waals surface area contributed by atoms with Crippen molar-refractivity contribution in [2.45, 2.75) is 6.32 Å². The molecule has 0 unspecified atom stereocenters. The molecule has 3 nitrogen and oxygen atoms in total. The fourth-order valence-electron chi connectivity index (χ4n) is 1.25. The molecule has 0 amide bonds. The van der Waals surface area contributed by atoms with Gasteiger partial charge in [-0.05, 0) is 0 Å². The third kappa shape index (κ3) is 8.50. The Hall–Kier alpha value is 0.355. The van der Waals surface area contributed by atoms with Crippen LogP contribution >= 0.6 is 14.2 Å². The third-order valence-corrected chi connectivity index (χ3v) is 4.06. The summed E-state index contributed by atoms with van der Waals surface area (Å²) in [7, 11) is 4.12. The summed E-state index contributed by atoms with van der Waals surface area (Å²) in [5.74, 6) is -0.441. The van der Waals surface area contributed by atoms with Gasteiger partial charge >= 0.3 is 101 Å². The molecular formula is C10H25BNO2P2+. The topological polar surface area (TPSA) is 52.3 Å². The van der Waals surface area contributed by atoms with E-state index < -0.39 is 14.2 Å². The van der Waals surface area contributed by atoms with E-state index in [4.69, 9.17) is 17.9 Å². The predicted octanol–water partition coefficient (Wildman–Crippen LogP) is 1.87. The third-order valence-electron chi connectivity index (χ3n) is 1.76. The van der Waals surface area contributed by atoms with Crippen molar-refractivity contribution < 1.29 is 9.32 Å². The second kappa shape index (κ2) is 4.92. The van der Waals surface area contributed by atoms with Gasteiger partial charge in [0.05, 0.1) is 0 Å². The first-order chi connectivity index (χ1) is 6.80. The van der Waals surface area contributed by atoms with Crippen LogP contribution in [0.15, 0.2) is 0 Å². The minimum atomic E-state index is -2.27. The Balaban J connectivity index is 4.58. The van der Waals surface area contributed by atoms with E-state index in [0.717, 1.165) is 0 Å². The predicted molar refractivity (Wildman–Crippen MR) is 78.6 cm³/mol. The zero-order valence-electron chi connectivity index (χ0n) is 11.4. The van der Waals surface area contributed by atoms with Gasteiger partial charge in [0.1, 0.15) is 0 Å². The van der Waals surface area contributed by atoms with Crippen molar-refractivity contribution in [1.29, 1.82) is 0 Å². The van der Waals surface area contributed by atoms with Crippen molar-refractivity contribution in [3.63, 3.8) is 0 Å². The Labute approximate surface area is 102 Å². The molecule has 16 heavy (non-hydrogen) atoms. The molecule has 0 aromatic carbocycles. The van der Waals surface area contributed by atoms with Crippen LogP contribution in [0.2, 0.25) is 6.32 Å². The summed E-state index contributed by atoms with van der Waals surface area (Å²) in [4.78, 5) is 12.0. The van der Waals surface area contributed by atoms with Crippen molar-refractivity contribution in [3.05, 3.63) is 0 Å². The SMILES string of the molecule is [B]C[C@@H](C[P+](C)(C)N)C(=O)OP(C)(C)(C)C. The fraction of sp³-hybridized carbons (Fsp3) is 0.900. The monoisotopic (exact) mass is 264 g/mol. The molecule has 0 saturated heterocycles. The van der Waals surface area contributed by atoms with Gasteiger partial charge in [0.25, 0.3) is 0 Å². The molecule has 2 N–H and O–H groups in total. The first-order valence-corrected chi connectivity index (χ1v) is 12.2. The quantitative estimate of drug-likeness (QED) is 0.609. The van der Waals surface area contributed by atoms with Crippen LogP contribution in [-0.2, 0) is 9.32 Å². The number of hydrogen-bond acceptors (Lipinski definition) is 3. The molecule has 6 heteroatoms. The van der Waals surface area contributed by atoms with Gasteiger partial charge in [-0.3, -0.25) is 0 Å². The second-order valence-corrected chi connectivity index (χ2v) is 17.6. The number of carbonyl (C=O) groups is 1. The molecule has 94 valence electrons. The molecule has 0 aromatic heterocycles. The first kappa shape index (κ1) is 16.4. The van der Waals surface area contributed by atoms with Crippen LogP contribution in [0.25, 0.3) is 0 Å². The van der Waals surface area contributed by atoms with Crippen molar-refractivity contribution in [2.24, 2.45) is 11.4 Å². The maximum absolute atomic E-state index is 12.0. The molecule has 0 spiro atoms. The van der Waals surface area contributed by atoms with Crippen molar-refractivity contribution in [3.8, 4) is 0 Å². The standard InChI is InChI=1S/C10H25BNO2P2/c1-15(2,12)8-9(7-11)10(13)14-16(3,4,5)6/h9H,7-8,12H2,1-6H3/q+1/t9-/m0/s1. The molecule has 0 aromatic rings. The Morgan fingerprint density at radius 3 is 2.06 bits per heavy atom. The van der Waals surface area contributed by atoms with E-state index in [2.05, 4.69) is 0 Å². The molecular weight excluding hydrogens is 239 g/mol. The molecule has 0 heterocycles. The van der Waals surface area contributed by atoms with Crippen molar-refractivity contribution in [1.82, 2.24) is 0 Å². The molecule has 0 aliphatic heterocycles. The number of hydrogen-bond donors (Lipinski definition) is 1. The van der Waals surface area contributed by atoms with Crippen LogP contribution in [0.1, 0.15) is 0 Å². The number of nitrogens with two attached hydrogens (primary N) is 1. The molecule has 0 aliphatic carbocycles. The Morgan fingerprint density at radius 1 is 1.38 bits per heavy atom. The molecule has 2 radical (unpaired) electrons. The summed E-state index contributed by atoms with van der Waals surface area (Å²) < 4.78 is 5.60. The Bertz CT molecular complexity index is 259. The van der Waals surface area contributed by atoms with Crippen molar-refractivity contribution in [2.75, 3.05) is 46.2 Å². The van der Waals surface area contributed by atoms with E-state index in [9.17, 15) is 4.79 Å². The van der Waals surface area contributed by atoms with Gasteiger partial charge < -0.3 is 0 Å². The summed E-state index contributed by atoms with van der Waals surface area (Å²) >= 11 is 0. The number of rotatable bonds is 5. The van der Waals surface area contributed by atoms with E-state index in [1.807, 2.05) is 40.0 Å². The van der Waals surface area contributed by atoms with E-state index in [1.54, 1.807) is 0 Å². The molecule has 0 fully saturated rings. The molecule has 0 aliphatic rings. The van der Waals surface area contributed by atoms with Gasteiger partial charge in [-0.25, -0.2) is 0 Å². The van der Waals surface area contributed by atoms with Gasteiger partial charge in [-0.15, -0.1) is 0 Å². The molecule has 0 rings (SSSR count). The first-order valence-electron chi connectivity index (χ1n) is 5.36. The van der Waals surface area contributed by atoms with E-state index in [0.29, 0.717) is 12.5 Å². The van der Waals surface area contributed by atoms with E-state index in [-0.39, 0.29) is 11.9 Å². The Kier molecular flexibility index (Phi) is 5.03. The normalized spacial score (nSPS) is 17.3. The van der Waals surface area contributed by atoms with Gasteiger partial charge in [0, 0.05) is 0 Å². The van der Waals surface area contributed by atoms with Gasteiger partial charge in [-0.1, -0.05) is 0 Å². The summed E-state index contributed by atoms with van der Waals surface area (Å²) in [6.07, 6.45) is 0.973. The van der Waals surface area contributed by atoms with Gasteiger partial charge in [-0.2, -0.15) is 0 Å². The summed E-state index contributed by atoms with van der Waals surface area (Å²) in [5, 5.41) is 0. The maximum atomic E-state index is 12.0. The van der Waals surface area contributed by atoms with Crippen molar-refractivity contribution >= 4 is 28.1 Å². The van der Waals surface area contributed by atoms with Crippen LogP contribution in [-0.4, -0.2) is 60.0 Å². The van der Waals surface area contributed by atoms with Crippen LogP contribution in [0.4, 0.5) is 0 Å². The average molecular weight is 264 g/mol. The van der Waals surface area contributed by atoms with Crippen LogP contribution in [0.5, 0.6) is 0 Å². The average Bonchev–Trinajstić information content (AvgIpc) is 1.93. The van der Waals surface area contributed by atoms with E-state index >= 15 is 0 Å². The summed E-state index contributed by atoms with van der Waals surface area (Å²) in [6.45, 7) is 9.73. The molecule has 0 bridgehead atoms. The van der Waals surface area contributed by atoms with E-state index in [1.165, 1.54) is 0 Å². The Morgan fingerprint density at radius 2 is 1.81 bits per heavy atom. The zero-order chi connectivity index (χ0) is 13.2. The molecule has 0 saturated carbocycles. The fourth-order valence-corrected chi connectivity index (χ4v) is 3.55. The molecule has 1 atom stereocenters. The van der Waals surface area contributed by atoms with Gasteiger partial charge in [0.15, 0.2) is 0 Å².